The van der Waals surface area contributed by atoms with Crippen molar-refractivity contribution in [2.24, 2.45) is 0 Å². The number of hydrogen-bond donors (Lipinski definition) is 1. The number of sulfone groups is 1. The maximum absolute atomic E-state index is 12.4. The van der Waals surface area contributed by atoms with E-state index in [0.29, 0.717) is 11.4 Å². The molecule has 0 saturated heterocycles. The lowest BCUT2D eigenvalue weighted by atomic mass is 10.1. The van der Waals surface area contributed by atoms with Gasteiger partial charge in [0.15, 0.2) is 9.84 Å². The van der Waals surface area contributed by atoms with Crippen molar-refractivity contribution < 1.29 is 8.42 Å². The lowest BCUT2D eigenvalue weighted by molar-refractivity contribution is 0.602. The van der Waals surface area contributed by atoms with Crippen molar-refractivity contribution in [3.05, 3.63) is 81.0 Å². The van der Waals surface area contributed by atoms with Crippen LogP contribution in [0.1, 0.15) is 12.5 Å². The number of nitrogens with one attached hydrogen (secondary N) is 1. The van der Waals surface area contributed by atoms with Crippen molar-refractivity contribution >= 4 is 9.84 Å². The molecular formula is C19H18N2O4S. The second kappa shape index (κ2) is 6.76. The summed E-state index contributed by atoms with van der Waals surface area (Å²) in [6.45, 7) is 2.04. The highest BCUT2D eigenvalue weighted by Gasteiger charge is 2.12. The summed E-state index contributed by atoms with van der Waals surface area (Å²) in [7, 11) is -3.33. The van der Waals surface area contributed by atoms with Gasteiger partial charge < -0.3 is 0 Å². The number of H-pyrrole nitrogens is 1. The molecule has 0 unspecified atom stereocenters. The van der Waals surface area contributed by atoms with Gasteiger partial charge in [-0.25, -0.2) is 13.2 Å². The van der Waals surface area contributed by atoms with Crippen LogP contribution in [0.4, 0.5) is 0 Å². The fraction of sp³-hybridized carbons (Fsp3) is 0.158. The van der Waals surface area contributed by atoms with Gasteiger partial charge in [0.2, 0.25) is 0 Å². The number of aromatic amines is 1. The minimum atomic E-state index is -3.33. The quantitative estimate of drug-likeness (QED) is 0.762. The van der Waals surface area contributed by atoms with Crippen LogP contribution >= 0.6 is 0 Å². The van der Waals surface area contributed by atoms with Gasteiger partial charge in [0.1, 0.15) is 0 Å². The Morgan fingerprint density at radius 2 is 1.58 bits per heavy atom. The molecule has 6 nitrogen and oxygen atoms in total. The molecule has 0 spiro atoms. The normalized spacial score (nSPS) is 11.5. The summed E-state index contributed by atoms with van der Waals surface area (Å²) in [5, 5.41) is 0. The van der Waals surface area contributed by atoms with E-state index in [2.05, 4.69) is 4.98 Å². The zero-order chi connectivity index (χ0) is 18.9. The SMILES string of the molecule is CCc1ccc(-c2cc(=O)[nH]c(=O)n2-c2ccc(S(C)(=O)=O)cc2)cc1. The van der Waals surface area contributed by atoms with Crippen LogP contribution < -0.4 is 11.2 Å². The third-order valence-electron chi connectivity index (χ3n) is 4.12. The fourth-order valence-electron chi connectivity index (χ4n) is 2.72. The summed E-state index contributed by atoms with van der Waals surface area (Å²) < 4.78 is 24.6. The zero-order valence-electron chi connectivity index (χ0n) is 14.4. The molecule has 0 saturated carbocycles. The lowest BCUT2D eigenvalue weighted by Crippen LogP contribution is -2.29. The Morgan fingerprint density at radius 1 is 0.962 bits per heavy atom. The predicted molar refractivity (Wildman–Crippen MR) is 101 cm³/mol. The van der Waals surface area contributed by atoms with E-state index in [4.69, 9.17) is 0 Å². The molecule has 134 valence electrons. The third kappa shape index (κ3) is 3.52. The summed E-state index contributed by atoms with van der Waals surface area (Å²) in [6.07, 6.45) is 2.00. The van der Waals surface area contributed by atoms with Crippen LogP contribution in [-0.2, 0) is 16.3 Å². The molecule has 0 aliphatic rings. The van der Waals surface area contributed by atoms with E-state index in [9.17, 15) is 18.0 Å². The van der Waals surface area contributed by atoms with Gasteiger partial charge in [-0.2, -0.15) is 0 Å². The molecule has 0 bridgehead atoms. The first-order valence-electron chi connectivity index (χ1n) is 8.06. The molecule has 1 N–H and O–H groups in total. The van der Waals surface area contributed by atoms with Crippen LogP contribution in [0.25, 0.3) is 16.9 Å². The maximum atomic E-state index is 12.4. The van der Waals surface area contributed by atoms with E-state index < -0.39 is 21.1 Å². The van der Waals surface area contributed by atoms with Crippen LogP contribution in [0.2, 0.25) is 0 Å². The van der Waals surface area contributed by atoms with Gasteiger partial charge in [0.05, 0.1) is 16.3 Å². The van der Waals surface area contributed by atoms with E-state index >= 15 is 0 Å². The van der Waals surface area contributed by atoms with Gasteiger partial charge in [-0.1, -0.05) is 31.2 Å². The van der Waals surface area contributed by atoms with Crippen molar-refractivity contribution in [1.29, 1.82) is 0 Å². The third-order valence-corrected chi connectivity index (χ3v) is 5.25. The van der Waals surface area contributed by atoms with Crippen LogP contribution in [-0.4, -0.2) is 24.2 Å². The molecule has 0 atom stereocenters. The summed E-state index contributed by atoms with van der Waals surface area (Å²) in [5.74, 6) is 0. The topological polar surface area (TPSA) is 89.0 Å². The Morgan fingerprint density at radius 3 is 2.12 bits per heavy atom. The smallest absolute Gasteiger partial charge is 0.274 e. The Kier molecular flexibility index (Phi) is 4.65. The molecule has 1 aromatic heterocycles. The van der Waals surface area contributed by atoms with Gasteiger partial charge in [0.25, 0.3) is 5.56 Å². The van der Waals surface area contributed by atoms with Crippen molar-refractivity contribution in [2.75, 3.05) is 6.26 Å². The van der Waals surface area contributed by atoms with E-state index in [1.807, 2.05) is 31.2 Å². The molecule has 0 radical (unpaired) electrons. The molecular weight excluding hydrogens is 352 g/mol. The highest BCUT2D eigenvalue weighted by molar-refractivity contribution is 7.90. The van der Waals surface area contributed by atoms with E-state index in [1.54, 1.807) is 12.1 Å². The summed E-state index contributed by atoms with van der Waals surface area (Å²) in [5.41, 5.74) is 1.69. The molecule has 0 aliphatic heterocycles. The largest absolute Gasteiger partial charge is 0.333 e. The number of aromatic nitrogens is 2. The minimum Gasteiger partial charge on any atom is -0.274 e. The van der Waals surface area contributed by atoms with Gasteiger partial charge in [0, 0.05) is 12.3 Å². The first-order valence-corrected chi connectivity index (χ1v) is 9.95. The number of hydrogen-bond acceptors (Lipinski definition) is 4. The van der Waals surface area contributed by atoms with Gasteiger partial charge in [-0.15, -0.1) is 0 Å². The van der Waals surface area contributed by atoms with Crippen molar-refractivity contribution in [3.8, 4) is 16.9 Å². The van der Waals surface area contributed by atoms with Crippen LogP contribution in [0.5, 0.6) is 0 Å². The van der Waals surface area contributed by atoms with Crippen LogP contribution in [0.3, 0.4) is 0 Å². The maximum Gasteiger partial charge on any atom is 0.333 e. The van der Waals surface area contributed by atoms with Gasteiger partial charge in [-0.05, 0) is 41.8 Å². The molecule has 0 aliphatic carbocycles. The second-order valence-corrected chi connectivity index (χ2v) is 7.99. The van der Waals surface area contributed by atoms with Crippen LogP contribution in [0, 0.1) is 0 Å². The molecule has 2 aromatic carbocycles. The van der Waals surface area contributed by atoms with E-state index in [1.165, 1.54) is 22.8 Å². The number of rotatable bonds is 4. The second-order valence-electron chi connectivity index (χ2n) is 5.98. The molecule has 0 fully saturated rings. The van der Waals surface area contributed by atoms with E-state index in [-0.39, 0.29) is 4.90 Å². The average Bonchev–Trinajstić information content (AvgIpc) is 2.60. The zero-order valence-corrected chi connectivity index (χ0v) is 15.2. The summed E-state index contributed by atoms with van der Waals surface area (Å²) >= 11 is 0. The van der Waals surface area contributed by atoms with Crippen LogP contribution in [0.15, 0.2) is 69.1 Å². The standard InChI is InChI=1S/C19H18N2O4S/c1-3-13-4-6-14(7-5-13)17-12-18(22)20-19(23)21(17)15-8-10-16(11-9-15)26(2,24)25/h4-12H,3H2,1-2H3,(H,20,22,23). The summed E-state index contributed by atoms with van der Waals surface area (Å²) in [4.78, 5) is 26.7. The van der Waals surface area contributed by atoms with Crippen molar-refractivity contribution in [1.82, 2.24) is 9.55 Å². The average molecular weight is 370 g/mol. The first kappa shape index (κ1) is 17.9. The number of aryl methyl sites for hydroxylation is 1. The van der Waals surface area contributed by atoms with Gasteiger partial charge >= 0.3 is 5.69 Å². The molecule has 3 rings (SSSR count). The molecule has 26 heavy (non-hydrogen) atoms. The molecule has 3 aromatic rings. The highest BCUT2D eigenvalue weighted by atomic mass is 32.2. The highest BCUT2D eigenvalue weighted by Crippen LogP contribution is 2.21. The molecule has 1 heterocycles. The number of benzene rings is 2. The van der Waals surface area contributed by atoms with E-state index in [0.717, 1.165) is 23.8 Å². The first-order chi connectivity index (χ1) is 12.3. The Bertz CT molecular complexity index is 1160. The Hall–Kier alpha value is -2.93. The molecule has 7 heteroatoms. The summed E-state index contributed by atoms with van der Waals surface area (Å²) in [6, 6.07) is 14.9. The molecule has 0 amide bonds. The lowest BCUT2D eigenvalue weighted by Gasteiger charge is -2.13. The monoisotopic (exact) mass is 370 g/mol. The van der Waals surface area contributed by atoms with Crippen molar-refractivity contribution in [2.45, 2.75) is 18.2 Å². The Balaban J connectivity index is 2.21. The fourth-order valence-corrected chi connectivity index (χ4v) is 3.35. The van der Waals surface area contributed by atoms with Gasteiger partial charge in [-0.3, -0.25) is 14.3 Å². The number of nitrogens with zero attached hydrogens (tertiary/aromatic N) is 1. The van der Waals surface area contributed by atoms with Crippen molar-refractivity contribution in [3.63, 3.8) is 0 Å². The minimum absolute atomic E-state index is 0.160. The Labute approximate surface area is 150 Å². The predicted octanol–water partition coefficient (Wildman–Crippen LogP) is 2.16.